The summed E-state index contributed by atoms with van der Waals surface area (Å²) in [6.45, 7) is 4.05. The number of benzene rings is 1. The molecule has 1 saturated carbocycles. The molecular weight excluding hydrogens is 316 g/mol. The van der Waals surface area contributed by atoms with Gasteiger partial charge < -0.3 is 15.0 Å². The standard InChI is InChI=1S/C20H30N2O3/c1-15-10-11-19(25-3)18(14-15)21-20(24)12-13-22(16(2)23)17-8-6-4-5-7-9-17/h10-11,14,17H,4-9,12-13H2,1-3H3,(H,21,24). The number of carbonyl (C=O) groups is 2. The molecule has 1 N–H and O–H groups in total. The van der Waals surface area contributed by atoms with Crippen LogP contribution in [0.3, 0.4) is 0 Å². The Morgan fingerprint density at radius 2 is 1.88 bits per heavy atom. The van der Waals surface area contributed by atoms with Crippen LogP contribution in [0, 0.1) is 6.92 Å². The highest BCUT2D eigenvalue weighted by atomic mass is 16.5. The van der Waals surface area contributed by atoms with Gasteiger partial charge in [-0.2, -0.15) is 0 Å². The minimum Gasteiger partial charge on any atom is -0.495 e. The van der Waals surface area contributed by atoms with Crippen molar-refractivity contribution in [2.75, 3.05) is 19.0 Å². The van der Waals surface area contributed by atoms with Crippen LogP contribution in [0.4, 0.5) is 5.69 Å². The Bertz CT molecular complexity index is 593. The van der Waals surface area contributed by atoms with Gasteiger partial charge in [0.15, 0.2) is 0 Å². The number of hydrogen-bond donors (Lipinski definition) is 1. The first-order chi connectivity index (χ1) is 12.0. The van der Waals surface area contributed by atoms with E-state index in [1.54, 1.807) is 14.0 Å². The van der Waals surface area contributed by atoms with E-state index in [4.69, 9.17) is 4.74 Å². The van der Waals surface area contributed by atoms with Crippen molar-refractivity contribution in [3.05, 3.63) is 23.8 Å². The second-order valence-corrected chi connectivity index (χ2v) is 6.86. The molecule has 0 atom stereocenters. The van der Waals surface area contributed by atoms with Crippen molar-refractivity contribution in [2.24, 2.45) is 0 Å². The van der Waals surface area contributed by atoms with Crippen LogP contribution in [0.1, 0.15) is 57.4 Å². The Morgan fingerprint density at radius 3 is 2.48 bits per heavy atom. The van der Waals surface area contributed by atoms with Crippen LogP contribution >= 0.6 is 0 Å². The summed E-state index contributed by atoms with van der Waals surface area (Å²) in [5.74, 6) is 0.614. The molecule has 1 aromatic rings. The fourth-order valence-electron chi connectivity index (χ4n) is 3.52. The van der Waals surface area contributed by atoms with Gasteiger partial charge in [-0.15, -0.1) is 0 Å². The first-order valence-electron chi connectivity index (χ1n) is 9.23. The number of methoxy groups -OCH3 is 1. The van der Waals surface area contributed by atoms with Gasteiger partial charge in [0.05, 0.1) is 12.8 Å². The maximum absolute atomic E-state index is 12.4. The second-order valence-electron chi connectivity index (χ2n) is 6.86. The first-order valence-corrected chi connectivity index (χ1v) is 9.23. The number of aryl methyl sites for hydroxylation is 1. The molecule has 0 radical (unpaired) electrons. The molecule has 0 bridgehead atoms. The zero-order valence-corrected chi connectivity index (χ0v) is 15.6. The van der Waals surface area contributed by atoms with E-state index in [0.717, 1.165) is 18.4 Å². The summed E-state index contributed by atoms with van der Waals surface area (Å²) < 4.78 is 5.29. The van der Waals surface area contributed by atoms with Gasteiger partial charge in [0.1, 0.15) is 5.75 Å². The Labute approximate surface area is 150 Å². The number of amides is 2. The molecule has 1 fully saturated rings. The summed E-state index contributed by atoms with van der Waals surface area (Å²) in [5.41, 5.74) is 1.73. The van der Waals surface area contributed by atoms with E-state index in [1.165, 1.54) is 25.7 Å². The van der Waals surface area contributed by atoms with Crippen LogP contribution in [-0.4, -0.2) is 36.4 Å². The lowest BCUT2D eigenvalue weighted by atomic mass is 10.1. The molecule has 0 unspecified atom stereocenters. The lowest BCUT2D eigenvalue weighted by Crippen LogP contribution is -2.40. The minimum atomic E-state index is -0.0937. The summed E-state index contributed by atoms with van der Waals surface area (Å²) in [6.07, 6.45) is 7.22. The molecule has 0 aliphatic heterocycles. The highest BCUT2D eigenvalue weighted by Crippen LogP contribution is 2.26. The molecule has 25 heavy (non-hydrogen) atoms. The Balaban J connectivity index is 1.94. The summed E-state index contributed by atoms with van der Waals surface area (Å²) in [6, 6.07) is 5.96. The lowest BCUT2D eigenvalue weighted by Gasteiger charge is -2.30. The predicted octanol–water partition coefficient (Wildman–Crippen LogP) is 3.90. The molecule has 2 rings (SSSR count). The molecule has 0 spiro atoms. The molecule has 1 aliphatic rings. The SMILES string of the molecule is COc1ccc(C)cc1NC(=O)CCN(C(C)=O)C1CCCCCC1. The summed E-state index contributed by atoms with van der Waals surface area (Å²) >= 11 is 0. The van der Waals surface area contributed by atoms with Crippen LogP contribution in [0.5, 0.6) is 5.75 Å². The Kier molecular flexibility index (Phi) is 7.29. The maximum atomic E-state index is 12.4. The van der Waals surface area contributed by atoms with Crippen LogP contribution in [0.25, 0.3) is 0 Å². The minimum absolute atomic E-state index is 0.0628. The van der Waals surface area contributed by atoms with Gasteiger partial charge in [0.25, 0.3) is 0 Å². The summed E-state index contributed by atoms with van der Waals surface area (Å²) in [7, 11) is 1.59. The Morgan fingerprint density at radius 1 is 1.20 bits per heavy atom. The lowest BCUT2D eigenvalue weighted by molar-refractivity contribution is -0.131. The van der Waals surface area contributed by atoms with Gasteiger partial charge in [0.2, 0.25) is 11.8 Å². The third-order valence-corrected chi connectivity index (χ3v) is 4.88. The molecule has 0 heterocycles. The zero-order chi connectivity index (χ0) is 18.2. The van der Waals surface area contributed by atoms with Crippen LogP contribution in [-0.2, 0) is 9.59 Å². The molecule has 0 saturated heterocycles. The number of carbonyl (C=O) groups excluding carboxylic acids is 2. The van der Waals surface area contributed by atoms with Crippen molar-refractivity contribution in [3.8, 4) is 5.75 Å². The molecular formula is C20H30N2O3. The average Bonchev–Trinajstić information content (AvgIpc) is 2.84. The quantitative estimate of drug-likeness (QED) is 0.795. The molecule has 0 aromatic heterocycles. The van der Waals surface area contributed by atoms with E-state index in [-0.39, 0.29) is 17.9 Å². The summed E-state index contributed by atoms with van der Waals surface area (Å²) in [4.78, 5) is 26.3. The number of rotatable bonds is 6. The van der Waals surface area contributed by atoms with Crippen molar-refractivity contribution >= 4 is 17.5 Å². The molecule has 5 nitrogen and oxygen atoms in total. The smallest absolute Gasteiger partial charge is 0.226 e. The molecule has 1 aliphatic carbocycles. The number of nitrogens with one attached hydrogen (secondary N) is 1. The summed E-state index contributed by atoms with van der Waals surface area (Å²) in [5, 5.41) is 2.91. The Hall–Kier alpha value is -2.04. The van der Waals surface area contributed by atoms with Gasteiger partial charge in [-0.25, -0.2) is 0 Å². The maximum Gasteiger partial charge on any atom is 0.226 e. The van der Waals surface area contributed by atoms with Crippen molar-refractivity contribution in [3.63, 3.8) is 0 Å². The van der Waals surface area contributed by atoms with Gasteiger partial charge in [-0.1, -0.05) is 31.7 Å². The molecule has 1 aromatic carbocycles. The van der Waals surface area contributed by atoms with E-state index in [2.05, 4.69) is 5.32 Å². The van der Waals surface area contributed by atoms with Gasteiger partial charge >= 0.3 is 0 Å². The molecule has 5 heteroatoms. The fourth-order valence-corrected chi connectivity index (χ4v) is 3.52. The van der Waals surface area contributed by atoms with E-state index in [9.17, 15) is 9.59 Å². The van der Waals surface area contributed by atoms with Crippen LogP contribution in [0.2, 0.25) is 0 Å². The predicted molar refractivity (Wildman–Crippen MR) is 99.9 cm³/mol. The fraction of sp³-hybridized carbons (Fsp3) is 0.600. The number of nitrogens with zero attached hydrogens (tertiary/aromatic N) is 1. The topological polar surface area (TPSA) is 58.6 Å². The van der Waals surface area contributed by atoms with E-state index < -0.39 is 0 Å². The number of anilines is 1. The van der Waals surface area contributed by atoms with Crippen molar-refractivity contribution in [1.29, 1.82) is 0 Å². The number of hydrogen-bond acceptors (Lipinski definition) is 3. The van der Waals surface area contributed by atoms with E-state index in [0.29, 0.717) is 24.4 Å². The van der Waals surface area contributed by atoms with Crippen molar-refractivity contribution in [1.82, 2.24) is 4.90 Å². The zero-order valence-electron chi connectivity index (χ0n) is 15.6. The van der Waals surface area contributed by atoms with E-state index >= 15 is 0 Å². The monoisotopic (exact) mass is 346 g/mol. The van der Waals surface area contributed by atoms with Gasteiger partial charge in [-0.3, -0.25) is 9.59 Å². The van der Waals surface area contributed by atoms with Gasteiger partial charge in [0, 0.05) is 25.9 Å². The highest BCUT2D eigenvalue weighted by molar-refractivity contribution is 5.92. The van der Waals surface area contributed by atoms with Crippen LogP contribution in [0.15, 0.2) is 18.2 Å². The van der Waals surface area contributed by atoms with Crippen LogP contribution < -0.4 is 10.1 Å². The average molecular weight is 346 g/mol. The van der Waals surface area contributed by atoms with E-state index in [1.807, 2.05) is 30.0 Å². The van der Waals surface area contributed by atoms with Crippen molar-refractivity contribution < 1.29 is 14.3 Å². The molecule has 138 valence electrons. The normalized spacial score (nSPS) is 15.3. The third-order valence-electron chi connectivity index (χ3n) is 4.88. The number of ether oxygens (including phenoxy) is 1. The second kappa shape index (κ2) is 9.44. The highest BCUT2D eigenvalue weighted by Gasteiger charge is 2.22. The largest absolute Gasteiger partial charge is 0.495 e. The van der Waals surface area contributed by atoms with Crippen molar-refractivity contribution in [2.45, 2.75) is 64.8 Å². The van der Waals surface area contributed by atoms with Gasteiger partial charge in [-0.05, 0) is 37.5 Å². The first kappa shape index (κ1) is 19.3. The molecule has 2 amide bonds. The third kappa shape index (κ3) is 5.76.